The molecule has 1 amide bonds. The van der Waals surface area contributed by atoms with E-state index in [0.717, 1.165) is 40.7 Å². The lowest BCUT2D eigenvalue weighted by Crippen LogP contribution is -2.50. The van der Waals surface area contributed by atoms with Crippen molar-refractivity contribution in [3.05, 3.63) is 111 Å². The molecule has 3 heterocycles. The summed E-state index contributed by atoms with van der Waals surface area (Å²) in [4.78, 5) is 37.7. The van der Waals surface area contributed by atoms with Crippen LogP contribution in [0.3, 0.4) is 0 Å². The van der Waals surface area contributed by atoms with Crippen LogP contribution in [0.2, 0.25) is 5.02 Å². The molecule has 0 bridgehead atoms. The summed E-state index contributed by atoms with van der Waals surface area (Å²) in [6.45, 7) is 5.67. The van der Waals surface area contributed by atoms with E-state index in [-0.39, 0.29) is 29.3 Å². The molecule has 1 aliphatic carbocycles. The molecule has 4 aromatic rings. The van der Waals surface area contributed by atoms with Crippen molar-refractivity contribution in [2.24, 2.45) is 5.92 Å². The third-order valence-electron chi connectivity index (χ3n) is 9.97. The molecule has 2 aromatic carbocycles. The topological polar surface area (TPSA) is 174 Å². The lowest BCUT2D eigenvalue weighted by Gasteiger charge is -2.38. The Morgan fingerprint density at radius 1 is 1.23 bits per heavy atom. The Kier molecular flexibility index (Phi) is 11.7. The van der Waals surface area contributed by atoms with Crippen molar-refractivity contribution in [2.45, 2.75) is 70.5 Å². The molecule has 2 aliphatic rings. The van der Waals surface area contributed by atoms with Gasteiger partial charge in [-0.2, -0.15) is 5.26 Å². The van der Waals surface area contributed by atoms with Crippen LogP contribution in [0.5, 0.6) is 0 Å². The number of aliphatic hydroxyl groups is 1. The van der Waals surface area contributed by atoms with Crippen LogP contribution in [0, 0.1) is 17.2 Å². The molecule has 3 unspecified atom stereocenters. The van der Waals surface area contributed by atoms with Gasteiger partial charge >= 0.3 is 5.97 Å². The molecule has 12 nitrogen and oxygen atoms in total. The van der Waals surface area contributed by atoms with E-state index in [9.17, 15) is 25.1 Å². The van der Waals surface area contributed by atoms with Gasteiger partial charge in [-0.1, -0.05) is 55.3 Å². The van der Waals surface area contributed by atoms with E-state index < -0.39 is 35.5 Å². The van der Waals surface area contributed by atoms with Crippen LogP contribution >= 0.6 is 11.6 Å². The normalized spacial score (nSPS) is 20.9. The predicted octanol–water partition coefficient (Wildman–Crippen LogP) is 5.72. The second-order valence-electron chi connectivity index (χ2n) is 13.7. The van der Waals surface area contributed by atoms with Crippen molar-refractivity contribution < 1.29 is 29.0 Å². The molecule has 53 heavy (non-hydrogen) atoms. The fraction of sp³-hybridized carbons (Fsp3) is 0.375. The number of nitrogens with zero attached hydrogens (tertiary/aromatic N) is 4. The lowest BCUT2D eigenvalue weighted by atomic mass is 9.74. The zero-order valence-corrected chi connectivity index (χ0v) is 30.7. The number of carboxylic acid groups (broad SMARTS) is 1. The number of hydrogen-bond donors (Lipinski definition) is 4. The zero-order valence-electron chi connectivity index (χ0n) is 29.9. The summed E-state index contributed by atoms with van der Waals surface area (Å²) in [6, 6.07) is 14.3. The number of carboxylic acids is 1. The Hall–Kier alpha value is -4.90. The van der Waals surface area contributed by atoms with E-state index in [1.165, 1.54) is 0 Å². The Labute approximate surface area is 313 Å². The van der Waals surface area contributed by atoms with Gasteiger partial charge < -0.3 is 30.0 Å². The number of pyridine rings is 1. The quantitative estimate of drug-likeness (QED) is 0.132. The summed E-state index contributed by atoms with van der Waals surface area (Å²) in [5, 5.41) is 36.7. The molecule has 1 fully saturated rings. The van der Waals surface area contributed by atoms with E-state index in [2.05, 4.69) is 21.7 Å². The van der Waals surface area contributed by atoms with Crippen molar-refractivity contribution in [3.63, 3.8) is 0 Å². The number of rotatable bonds is 13. The third-order valence-corrected chi connectivity index (χ3v) is 10.3. The van der Waals surface area contributed by atoms with Crippen molar-refractivity contribution in [3.8, 4) is 6.07 Å². The molecular weight excluding hydrogens is 696 g/mol. The highest BCUT2D eigenvalue weighted by atomic mass is 35.5. The maximum atomic E-state index is 14.3. The first-order valence-electron chi connectivity index (χ1n) is 17.7. The van der Waals surface area contributed by atoms with E-state index in [1.807, 2.05) is 54.3 Å². The van der Waals surface area contributed by atoms with Crippen molar-refractivity contribution >= 4 is 40.2 Å². The smallest absolute Gasteiger partial charge is 0.320 e. The van der Waals surface area contributed by atoms with Crippen LogP contribution in [-0.2, 0) is 34.8 Å². The highest BCUT2D eigenvalue weighted by Gasteiger charge is 2.46. The summed E-state index contributed by atoms with van der Waals surface area (Å²) >= 11 is 6.70. The van der Waals surface area contributed by atoms with Gasteiger partial charge in [-0.15, -0.1) is 0 Å². The number of aliphatic carboxylic acids is 1. The molecule has 0 spiro atoms. The van der Waals surface area contributed by atoms with Gasteiger partial charge in [0.1, 0.15) is 28.9 Å². The fourth-order valence-electron chi connectivity index (χ4n) is 7.22. The first kappa shape index (κ1) is 37.8. The van der Waals surface area contributed by atoms with E-state index in [4.69, 9.17) is 25.7 Å². The van der Waals surface area contributed by atoms with Crippen LogP contribution in [0.15, 0.2) is 71.3 Å². The number of carbonyl (C=O) groups excluding carboxylic acids is 1. The number of nitriles is 1. The van der Waals surface area contributed by atoms with E-state index >= 15 is 0 Å². The molecule has 0 radical (unpaired) electrons. The number of carbonyl (C=O) groups is 2. The number of aliphatic hydroxyl groups excluding tert-OH is 1. The van der Waals surface area contributed by atoms with Crippen molar-refractivity contribution in [1.29, 1.82) is 5.26 Å². The largest absolute Gasteiger partial charge is 0.480 e. The van der Waals surface area contributed by atoms with Crippen molar-refractivity contribution in [2.75, 3.05) is 20.2 Å². The molecular formula is C40H43ClN6O6. The monoisotopic (exact) mass is 738 g/mol. The molecule has 4 N–H and O–H groups in total. The molecule has 1 saturated heterocycles. The van der Waals surface area contributed by atoms with Gasteiger partial charge in [0.25, 0.3) is 5.91 Å². The Morgan fingerprint density at radius 2 is 2.04 bits per heavy atom. The van der Waals surface area contributed by atoms with Gasteiger partial charge in [-0.25, -0.2) is 4.98 Å². The van der Waals surface area contributed by atoms with Crippen LogP contribution in [0.1, 0.15) is 77.3 Å². The second-order valence-corrected chi connectivity index (χ2v) is 14.1. The highest BCUT2D eigenvalue weighted by Crippen LogP contribution is 2.45. The van der Waals surface area contributed by atoms with Crippen LogP contribution in [0.25, 0.3) is 16.7 Å². The average molecular weight is 739 g/mol. The fourth-order valence-corrected chi connectivity index (χ4v) is 7.46. The number of benzene rings is 2. The highest BCUT2D eigenvalue weighted by molar-refractivity contribution is 6.32. The van der Waals surface area contributed by atoms with Gasteiger partial charge in [-0.05, 0) is 84.5 Å². The lowest BCUT2D eigenvalue weighted by molar-refractivity contribution is -0.144. The summed E-state index contributed by atoms with van der Waals surface area (Å²) in [5.41, 5.74) is 3.66. The number of halogens is 1. The number of aromatic nitrogens is 2. The Bertz CT molecular complexity index is 2100. The molecule has 13 heteroatoms. The van der Waals surface area contributed by atoms with Gasteiger partial charge in [0, 0.05) is 43.9 Å². The Balaban J connectivity index is 1.41. The maximum absolute atomic E-state index is 14.3. The number of oxazole rings is 1. The second kappa shape index (κ2) is 16.4. The summed E-state index contributed by atoms with van der Waals surface area (Å²) < 4.78 is 11.9. The first-order valence-corrected chi connectivity index (χ1v) is 18.1. The third kappa shape index (κ3) is 8.05. The zero-order chi connectivity index (χ0) is 37.7. The van der Waals surface area contributed by atoms with Gasteiger partial charge in [0.15, 0.2) is 5.58 Å². The molecule has 1 aliphatic heterocycles. The number of amides is 1. The van der Waals surface area contributed by atoms with Gasteiger partial charge in [0.05, 0.1) is 18.3 Å². The summed E-state index contributed by atoms with van der Waals surface area (Å²) in [5.74, 6) is -1.66. The van der Waals surface area contributed by atoms with E-state index in [0.29, 0.717) is 43.1 Å². The Morgan fingerprint density at radius 3 is 2.77 bits per heavy atom. The molecule has 4 atom stereocenters. The molecule has 6 rings (SSSR count). The van der Waals surface area contributed by atoms with Crippen molar-refractivity contribution in [1.82, 2.24) is 25.5 Å². The average Bonchev–Trinajstić information content (AvgIpc) is 3.58. The van der Waals surface area contributed by atoms with Gasteiger partial charge in [0.2, 0.25) is 5.89 Å². The number of hydrogen-bond acceptors (Lipinski definition) is 10. The minimum absolute atomic E-state index is 0.149. The summed E-state index contributed by atoms with van der Waals surface area (Å²) in [6.07, 6.45) is 9.00. The number of methoxy groups -OCH3 is 1. The SMILES string of the molecule is COCc1cc(C(=O)NC2(c3nc4cc(CN5CCCC[C@H]5C(=O)O)cc(C#N)c4o3)C=CC=C(c3ccccc3Cl)C2C)ncc1CNCC(C)O. The number of allylic oxidation sites excluding steroid dienone is 2. The minimum Gasteiger partial charge on any atom is -0.480 e. The van der Waals surface area contributed by atoms with Crippen LogP contribution in [0.4, 0.5) is 0 Å². The van der Waals surface area contributed by atoms with Crippen LogP contribution in [-0.4, -0.2) is 69.3 Å². The number of piperidine rings is 1. The van der Waals surface area contributed by atoms with E-state index in [1.54, 1.807) is 38.4 Å². The predicted molar refractivity (Wildman–Crippen MR) is 200 cm³/mol. The minimum atomic E-state index is -1.35. The number of likely N-dealkylation sites (tertiary alicyclic amines) is 1. The molecule has 2 aromatic heterocycles. The number of fused-ring (bicyclic) bond motifs is 1. The standard InChI is InChI=1S/C40H43ClN6O6/c1-24(48)19-43-20-29-21-44-34(17-28(29)23-52-3)37(49)46-40(13-8-10-30(25(40)2)31-9-4-5-11-32(31)41)39-45-33-16-26(15-27(18-42)36(33)53-39)22-47-14-7-6-12-35(47)38(50)51/h4-5,8-11,13,15-17,21,24-25,35,43,48H,6-7,12,14,19-20,22-23H2,1-3H3,(H,46,49)(H,50,51)/t24?,25?,35-,40?/m0/s1. The summed E-state index contributed by atoms with van der Waals surface area (Å²) in [7, 11) is 1.57. The number of nitrogens with one attached hydrogen (secondary N) is 2. The maximum Gasteiger partial charge on any atom is 0.320 e. The first-order chi connectivity index (χ1) is 25.5. The van der Waals surface area contributed by atoms with Gasteiger partial charge in [-0.3, -0.25) is 19.5 Å². The van der Waals surface area contributed by atoms with Crippen LogP contribution < -0.4 is 10.6 Å². The number of ether oxygens (including phenoxy) is 1. The molecule has 0 saturated carbocycles. The molecule has 276 valence electrons.